The van der Waals surface area contributed by atoms with Crippen LogP contribution in [0.2, 0.25) is 0 Å². The highest BCUT2D eigenvalue weighted by atomic mass is 19.2. The minimum absolute atomic E-state index is 0.0241. The maximum atomic E-state index is 14.2. The number of ether oxygens (including phenoxy) is 2. The van der Waals surface area contributed by atoms with Crippen LogP contribution in [-0.4, -0.2) is 53.4 Å². The van der Waals surface area contributed by atoms with Gasteiger partial charge in [-0.15, -0.1) is 0 Å². The van der Waals surface area contributed by atoms with Gasteiger partial charge in [0.25, 0.3) is 5.95 Å². The number of methoxy groups -OCH3 is 1. The van der Waals surface area contributed by atoms with Gasteiger partial charge in [-0.2, -0.15) is 9.37 Å². The van der Waals surface area contributed by atoms with Crippen molar-refractivity contribution in [2.75, 3.05) is 31.7 Å². The molecule has 2 aromatic heterocycles. The number of imidazole rings is 1. The Morgan fingerprint density at radius 2 is 1.94 bits per heavy atom. The molecule has 1 aromatic carbocycles. The van der Waals surface area contributed by atoms with E-state index in [-0.39, 0.29) is 23.3 Å². The molecule has 3 aliphatic rings. The van der Waals surface area contributed by atoms with Gasteiger partial charge in [0.2, 0.25) is 0 Å². The van der Waals surface area contributed by atoms with Gasteiger partial charge in [0.15, 0.2) is 17.5 Å². The Labute approximate surface area is 199 Å². The topological polar surface area (TPSA) is 69.5 Å². The second kappa shape index (κ2) is 8.22. The number of hydrogen-bond acceptors (Lipinski definition) is 6. The molecule has 1 spiro atoms. The molecule has 1 aliphatic carbocycles. The minimum Gasteiger partial charge on any atom is -0.465 e. The first-order valence-corrected chi connectivity index (χ1v) is 11.8. The van der Waals surface area contributed by atoms with Gasteiger partial charge >= 0.3 is 5.97 Å². The third-order valence-electron chi connectivity index (χ3n) is 7.81. The van der Waals surface area contributed by atoms with Crippen molar-refractivity contribution in [2.24, 2.45) is 5.41 Å². The van der Waals surface area contributed by atoms with Crippen LogP contribution in [0.25, 0.3) is 11.0 Å². The molecule has 2 saturated heterocycles. The van der Waals surface area contributed by atoms with Crippen molar-refractivity contribution >= 4 is 22.8 Å². The molecule has 0 radical (unpaired) electrons. The third kappa shape index (κ3) is 3.74. The molecule has 0 amide bonds. The van der Waals surface area contributed by atoms with Crippen LogP contribution in [0.3, 0.4) is 0 Å². The van der Waals surface area contributed by atoms with Crippen LogP contribution in [0.5, 0.6) is 0 Å². The number of fused-ring (bicyclic) bond motifs is 1. The lowest BCUT2D eigenvalue weighted by Crippen LogP contribution is -2.36. The Bertz CT molecular complexity index is 1320. The van der Waals surface area contributed by atoms with E-state index in [9.17, 15) is 18.0 Å². The molecule has 3 fully saturated rings. The Balaban J connectivity index is 1.27. The first kappa shape index (κ1) is 22.3. The number of carbonyl (C=O) groups is 1. The fourth-order valence-electron chi connectivity index (χ4n) is 5.56. The van der Waals surface area contributed by atoms with Crippen molar-refractivity contribution in [3.05, 3.63) is 53.2 Å². The maximum absolute atomic E-state index is 14.2. The second-order valence-electron chi connectivity index (χ2n) is 9.73. The quantitative estimate of drug-likeness (QED) is 0.398. The number of carbonyl (C=O) groups excluding carboxylic acids is 1. The predicted molar refractivity (Wildman–Crippen MR) is 121 cm³/mol. The van der Waals surface area contributed by atoms with Gasteiger partial charge in [0, 0.05) is 31.7 Å². The minimum atomic E-state index is -1.29. The Hall–Kier alpha value is -3.14. The van der Waals surface area contributed by atoms with E-state index in [4.69, 9.17) is 14.5 Å². The zero-order valence-electron chi connectivity index (χ0n) is 19.3. The van der Waals surface area contributed by atoms with Crippen LogP contribution >= 0.6 is 0 Å². The highest BCUT2D eigenvalue weighted by Crippen LogP contribution is 2.65. The van der Waals surface area contributed by atoms with E-state index in [0.717, 1.165) is 49.1 Å². The monoisotopic (exact) mass is 486 g/mol. The molecule has 0 N–H and O–H groups in total. The molecule has 4 heterocycles. The summed E-state index contributed by atoms with van der Waals surface area (Å²) in [5.41, 5.74) is 2.20. The fourth-order valence-corrected chi connectivity index (χ4v) is 5.56. The number of halogens is 3. The smallest absolute Gasteiger partial charge is 0.337 e. The van der Waals surface area contributed by atoms with Crippen LogP contribution in [-0.2, 0) is 16.0 Å². The van der Waals surface area contributed by atoms with Crippen molar-refractivity contribution in [1.82, 2.24) is 14.5 Å². The zero-order chi connectivity index (χ0) is 24.3. The van der Waals surface area contributed by atoms with Crippen LogP contribution in [0.15, 0.2) is 24.3 Å². The van der Waals surface area contributed by atoms with Gasteiger partial charge in [-0.1, -0.05) is 0 Å². The summed E-state index contributed by atoms with van der Waals surface area (Å²) in [7, 11) is 1.36. The van der Waals surface area contributed by atoms with Crippen molar-refractivity contribution in [3.8, 4) is 0 Å². The number of benzene rings is 1. The van der Waals surface area contributed by atoms with E-state index in [0.29, 0.717) is 31.3 Å². The lowest BCUT2D eigenvalue weighted by atomic mass is 9.90. The predicted octanol–water partition coefficient (Wildman–Crippen LogP) is 4.20. The molecular weight excluding hydrogens is 461 g/mol. The lowest BCUT2D eigenvalue weighted by Gasteiger charge is -2.34. The van der Waals surface area contributed by atoms with Gasteiger partial charge < -0.3 is 18.9 Å². The second-order valence-corrected chi connectivity index (χ2v) is 9.73. The van der Waals surface area contributed by atoms with E-state index in [1.807, 2.05) is 12.1 Å². The highest BCUT2D eigenvalue weighted by molar-refractivity contribution is 5.93. The molecule has 1 unspecified atom stereocenters. The number of piperidine rings is 1. The number of nitrogens with zero attached hydrogens (tertiary/aromatic N) is 4. The number of pyridine rings is 1. The first-order chi connectivity index (χ1) is 16.9. The standard InChI is InChI=1S/C25H25F3N4O3/c1-34-24(33)14-2-3-19-20(10-14)32(13-15-4-9-35-15)22(29-19)16-12-25(16)5-7-31(8-6-25)23-18(27)11-17(26)21(28)30-23/h2-3,10-11,15-16H,4-9,12-13H2,1H3/t15-,16?/m0/s1. The average Bonchev–Trinajstić information content (AvgIpc) is 3.40. The number of esters is 1. The Morgan fingerprint density at radius 1 is 1.17 bits per heavy atom. The molecule has 10 heteroatoms. The molecule has 2 aliphatic heterocycles. The number of anilines is 1. The van der Waals surface area contributed by atoms with Gasteiger partial charge in [-0.05, 0) is 49.3 Å². The summed E-state index contributed by atoms with van der Waals surface area (Å²) in [5.74, 6) is -2.76. The summed E-state index contributed by atoms with van der Waals surface area (Å²) in [6, 6.07) is 5.94. The SMILES string of the molecule is COC(=O)c1ccc2nc(C3CC34CCN(c3nc(F)c(F)cc3F)CC4)n(C[C@@H]3CCO3)c2c1. The van der Waals surface area contributed by atoms with E-state index in [1.165, 1.54) is 7.11 Å². The molecule has 0 bridgehead atoms. The number of hydrogen-bond donors (Lipinski definition) is 0. The summed E-state index contributed by atoms with van der Waals surface area (Å²) >= 11 is 0. The summed E-state index contributed by atoms with van der Waals surface area (Å²) in [6.45, 7) is 2.42. The largest absolute Gasteiger partial charge is 0.465 e. The number of rotatable bonds is 5. The van der Waals surface area contributed by atoms with Crippen molar-refractivity contribution < 1.29 is 27.4 Å². The highest BCUT2D eigenvalue weighted by Gasteiger charge is 2.57. The molecular formula is C25H25F3N4O3. The summed E-state index contributed by atoms with van der Waals surface area (Å²) in [4.78, 5) is 22.3. The maximum Gasteiger partial charge on any atom is 0.337 e. The molecule has 1 saturated carbocycles. The molecule has 6 rings (SSSR count). The van der Waals surface area contributed by atoms with Crippen molar-refractivity contribution in [1.29, 1.82) is 0 Å². The van der Waals surface area contributed by atoms with E-state index < -0.39 is 23.6 Å². The Morgan fingerprint density at radius 3 is 2.63 bits per heavy atom. The van der Waals surface area contributed by atoms with Crippen LogP contribution in [0.1, 0.15) is 47.8 Å². The van der Waals surface area contributed by atoms with Crippen LogP contribution < -0.4 is 4.90 Å². The lowest BCUT2D eigenvalue weighted by molar-refractivity contribution is -0.0590. The number of aromatic nitrogens is 3. The molecule has 2 atom stereocenters. The van der Waals surface area contributed by atoms with Crippen LogP contribution in [0, 0.1) is 23.0 Å². The molecule has 35 heavy (non-hydrogen) atoms. The van der Waals surface area contributed by atoms with E-state index in [2.05, 4.69) is 9.55 Å². The van der Waals surface area contributed by atoms with Crippen molar-refractivity contribution in [2.45, 2.75) is 44.2 Å². The molecule has 3 aromatic rings. The van der Waals surface area contributed by atoms with Gasteiger partial charge in [0.1, 0.15) is 5.82 Å². The summed E-state index contributed by atoms with van der Waals surface area (Å²) in [5, 5.41) is 0. The van der Waals surface area contributed by atoms with E-state index >= 15 is 0 Å². The average molecular weight is 486 g/mol. The molecule has 184 valence electrons. The summed E-state index contributed by atoms with van der Waals surface area (Å²) in [6.07, 6.45) is 3.59. The van der Waals surface area contributed by atoms with Gasteiger partial charge in [-0.3, -0.25) is 0 Å². The fraction of sp³-hybridized carbons (Fsp3) is 0.480. The normalized spacial score (nSPS) is 22.9. The van der Waals surface area contributed by atoms with Crippen LogP contribution in [0.4, 0.5) is 19.0 Å². The van der Waals surface area contributed by atoms with Crippen molar-refractivity contribution in [3.63, 3.8) is 0 Å². The summed E-state index contributed by atoms with van der Waals surface area (Å²) < 4.78 is 53.9. The first-order valence-electron chi connectivity index (χ1n) is 11.8. The molecule has 7 nitrogen and oxygen atoms in total. The van der Waals surface area contributed by atoms with E-state index in [1.54, 1.807) is 11.0 Å². The Kier molecular flexibility index (Phi) is 5.24. The zero-order valence-corrected chi connectivity index (χ0v) is 19.3. The third-order valence-corrected chi connectivity index (χ3v) is 7.81. The van der Waals surface area contributed by atoms with Gasteiger partial charge in [-0.25, -0.2) is 18.6 Å². The van der Waals surface area contributed by atoms with Gasteiger partial charge in [0.05, 0.1) is 36.4 Å².